The molecular weight excluding hydrogens is 254 g/mol. The van der Waals surface area contributed by atoms with Gasteiger partial charge in [0.05, 0.1) is 18.8 Å². The zero-order valence-electron chi connectivity index (χ0n) is 10.1. The van der Waals surface area contributed by atoms with Gasteiger partial charge in [0.2, 0.25) is 0 Å². The molecule has 2 atom stereocenters. The number of aliphatic carboxylic acids is 1. The monoisotopic (exact) mass is 269 g/mol. The Bertz CT molecular complexity index is 449. The lowest BCUT2D eigenvalue weighted by Gasteiger charge is -2.21. The van der Waals surface area contributed by atoms with Gasteiger partial charge in [-0.3, -0.25) is 4.68 Å². The maximum absolute atomic E-state index is 11.8. The van der Waals surface area contributed by atoms with Gasteiger partial charge in [0, 0.05) is 25.7 Å². The summed E-state index contributed by atoms with van der Waals surface area (Å²) in [5.74, 6) is -1.11. The summed E-state index contributed by atoms with van der Waals surface area (Å²) in [5, 5.41) is 28.4. The van der Waals surface area contributed by atoms with Gasteiger partial charge in [-0.2, -0.15) is 0 Å². The number of likely N-dealkylation sites (tertiary alicyclic amines) is 1. The Balaban J connectivity index is 1.83. The van der Waals surface area contributed by atoms with E-state index in [9.17, 15) is 14.7 Å². The number of aliphatic hydroxyl groups is 1. The number of aliphatic hydroxyl groups excluding tert-OH is 1. The Morgan fingerprint density at radius 1 is 1.47 bits per heavy atom. The summed E-state index contributed by atoms with van der Waals surface area (Å²) in [6, 6.07) is -1.47. The lowest BCUT2D eigenvalue weighted by Crippen LogP contribution is -2.46. The van der Waals surface area contributed by atoms with E-state index in [1.54, 1.807) is 10.9 Å². The molecule has 0 aliphatic carbocycles. The van der Waals surface area contributed by atoms with Gasteiger partial charge in [0.15, 0.2) is 0 Å². The fraction of sp³-hybridized carbons (Fsp3) is 0.600. The highest BCUT2D eigenvalue weighted by Gasteiger charge is 2.38. The molecule has 0 radical (unpaired) electrons. The van der Waals surface area contributed by atoms with Crippen LogP contribution in [0.3, 0.4) is 0 Å². The van der Waals surface area contributed by atoms with Crippen LogP contribution in [0.1, 0.15) is 6.42 Å². The largest absolute Gasteiger partial charge is 0.480 e. The predicted molar refractivity (Wildman–Crippen MR) is 62.2 cm³/mol. The number of β-amino-alcohol motifs (C(OH)–C–C–N with tert-alkyl or cyclic N) is 1. The SMILES string of the molecule is O=C(O)C1CC(O)CN1C(=O)NCCn1ccnn1. The first-order valence-electron chi connectivity index (χ1n) is 5.87. The fourth-order valence-corrected chi connectivity index (χ4v) is 2.00. The molecule has 9 heteroatoms. The zero-order chi connectivity index (χ0) is 13.8. The van der Waals surface area contributed by atoms with E-state index in [4.69, 9.17) is 5.11 Å². The highest BCUT2D eigenvalue weighted by atomic mass is 16.4. The van der Waals surface area contributed by atoms with Gasteiger partial charge in [-0.05, 0) is 0 Å². The molecule has 1 saturated heterocycles. The molecule has 2 amide bonds. The number of carboxylic acid groups (broad SMARTS) is 1. The lowest BCUT2D eigenvalue weighted by molar-refractivity contribution is -0.141. The van der Waals surface area contributed by atoms with E-state index in [1.165, 1.54) is 6.20 Å². The molecule has 19 heavy (non-hydrogen) atoms. The average molecular weight is 269 g/mol. The second-order valence-electron chi connectivity index (χ2n) is 4.29. The summed E-state index contributed by atoms with van der Waals surface area (Å²) in [6.45, 7) is 0.785. The van der Waals surface area contributed by atoms with Gasteiger partial charge in [0.25, 0.3) is 0 Å². The number of hydrogen-bond acceptors (Lipinski definition) is 5. The molecule has 1 aromatic rings. The van der Waals surface area contributed by atoms with Crippen molar-refractivity contribution in [3.63, 3.8) is 0 Å². The van der Waals surface area contributed by atoms with E-state index in [0.29, 0.717) is 13.1 Å². The van der Waals surface area contributed by atoms with Crippen LogP contribution in [0.15, 0.2) is 12.4 Å². The molecule has 1 aromatic heterocycles. The molecule has 2 rings (SSSR count). The molecule has 0 aromatic carbocycles. The van der Waals surface area contributed by atoms with Crippen molar-refractivity contribution in [3.05, 3.63) is 12.4 Å². The first-order valence-corrected chi connectivity index (χ1v) is 5.87. The molecule has 2 heterocycles. The van der Waals surface area contributed by atoms with E-state index in [2.05, 4.69) is 15.6 Å². The van der Waals surface area contributed by atoms with E-state index < -0.39 is 24.1 Å². The van der Waals surface area contributed by atoms with Crippen LogP contribution in [0.5, 0.6) is 0 Å². The number of carbonyl (C=O) groups excluding carboxylic acids is 1. The van der Waals surface area contributed by atoms with Crippen LogP contribution in [0.25, 0.3) is 0 Å². The first-order chi connectivity index (χ1) is 9.08. The number of carboxylic acids is 1. The smallest absolute Gasteiger partial charge is 0.326 e. The van der Waals surface area contributed by atoms with Crippen LogP contribution in [0.4, 0.5) is 4.79 Å². The Morgan fingerprint density at radius 2 is 2.26 bits per heavy atom. The second-order valence-corrected chi connectivity index (χ2v) is 4.29. The predicted octanol–water partition coefficient (Wildman–Crippen LogP) is -1.49. The number of carbonyl (C=O) groups is 2. The van der Waals surface area contributed by atoms with Crippen molar-refractivity contribution < 1.29 is 19.8 Å². The molecule has 9 nitrogen and oxygen atoms in total. The molecule has 0 bridgehead atoms. The number of hydrogen-bond donors (Lipinski definition) is 3. The summed E-state index contributed by atoms with van der Waals surface area (Å²) < 4.78 is 1.55. The standard InChI is InChI=1S/C10H15N5O4/c16-7-5-8(9(17)18)15(6-7)10(19)11-1-3-14-4-2-12-13-14/h2,4,7-8,16H,1,3,5-6H2,(H,11,19)(H,17,18). The number of amides is 2. The quantitative estimate of drug-likeness (QED) is 0.612. The van der Waals surface area contributed by atoms with E-state index >= 15 is 0 Å². The Labute approximate surface area is 108 Å². The van der Waals surface area contributed by atoms with Crippen molar-refractivity contribution in [3.8, 4) is 0 Å². The average Bonchev–Trinajstić information content (AvgIpc) is 2.98. The molecule has 1 fully saturated rings. The van der Waals surface area contributed by atoms with Crippen LogP contribution < -0.4 is 5.32 Å². The fourth-order valence-electron chi connectivity index (χ4n) is 2.00. The third-order valence-electron chi connectivity index (χ3n) is 2.91. The van der Waals surface area contributed by atoms with E-state index in [0.717, 1.165) is 4.90 Å². The number of nitrogens with zero attached hydrogens (tertiary/aromatic N) is 4. The molecule has 3 N–H and O–H groups in total. The molecule has 104 valence electrons. The summed E-state index contributed by atoms with van der Waals surface area (Å²) in [5.41, 5.74) is 0. The Hall–Kier alpha value is -2.16. The van der Waals surface area contributed by atoms with Crippen LogP contribution in [-0.4, -0.2) is 67.3 Å². The maximum atomic E-state index is 11.8. The minimum absolute atomic E-state index is 0.0339. The van der Waals surface area contributed by atoms with Crippen molar-refractivity contribution in [2.75, 3.05) is 13.1 Å². The number of urea groups is 1. The molecule has 1 aliphatic rings. The van der Waals surface area contributed by atoms with Gasteiger partial charge in [-0.1, -0.05) is 5.21 Å². The Kier molecular flexibility index (Phi) is 3.95. The topological polar surface area (TPSA) is 121 Å². The van der Waals surface area contributed by atoms with Crippen LogP contribution in [0.2, 0.25) is 0 Å². The molecular formula is C10H15N5O4. The second kappa shape index (κ2) is 5.65. The molecule has 0 saturated carbocycles. The maximum Gasteiger partial charge on any atom is 0.326 e. The molecule has 0 spiro atoms. The van der Waals surface area contributed by atoms with Gasteiger partial charge in [-0.15, -0.1) is 5.10 Å². The minimum atomic E-state index is -1.11. The number of rotatable bonds is 4. The van der Waals surface area contributed by atoms with Crippen LogP contribution >= 0.6 is 0 Å². The highest BCUT2D eigenvalue weighted by molar-refractivity contribution is 5.83. The summed E-state index contributed by atoms with van der Waals surface area (Å²) in [4.78, 5) is 23.9. The first kappa shape index (κ1) is 13.3. The summed E-state index contributed by atoms with van der Waals surface area (Å²) in [7, 11) is 0. The van der Waals surface area contributed by atoms with Crippen molar-refractivity contribution in [2.24, 2.45) is 0 Å². The van der Waals surface area contributed by atoms with E-state index in [1.807, 2.05) is 0 Å². The van der Waals surface area contributed by atoms with Crippen molar-refractivity contribution >= 4 is 12.0 Å². The normalized spacial score (nSPS) is 22.5. The van der Waals surface area contributed by atoms with Gasteiger partial charge in [0.1, 0.15) is 6.04 Å². The number of aromatic nitrogens is 3. The van der Waals surface area contributed by atoms with Crippen LogP contribution in [-0.2, 0) is 11.3 Å². The van der Waals surface area contributed by atoms with Gasteiger partial charge >= 0.3 is 12.0 Å². The van der Waals surface area contributed by atoms with Gasteiger partial charge < -0.3 is 20.4 Å². The summed E-state index contributed by atoms with van der Waals surface area (Å²) >= 11 is 0. The van der Waals surface area contributed by atoms with Crippen molar-refractivity contribution in [1.82, 2.24) is 25.2 Å². The van der Waals surface area contributed by atoms with Crippen molar-refractivity contribution in [2.45, 2.75) is 25.1 Å². The van der Waals surface area contributed by atoms with Crippen molar-refractivity contribution in [1.29, 1.82) is 0 Å². The van der Waals surface area contributed by atoms with E-state index in [-0.39, 0.29) is 13.0 Å². The zero-order valence-corrected chi connectivity index (χ0v) is 10.1. The lowest BCUT2D eigenvalue weighted by atomic mass is 10.2. The summed E-state index contributed by atoms with van der Waals surface area (Å²) in [6.07, 6.45) is 2.46. The third kappa shape index (κ3) is 3.19. The Morgan fingerprint density at radius 3 is 2.89 bits per heavy atom. The minimum Gasteiger partial charge on any atom is -0.480 e. The number of nitrogens with one attached hydrogen (secondary N) is 1. The van der Waals surface area contributed by atoms with Crippen LogP contribution in [0, 0.1) is 0 Å². The molecule has 2 unspecified atom stereocenters. The molecule has 1 aliphatic heterocycles. The van der Waals surface area contributed by atoms with Gasteiger partial charge in [-0.25, -0.2) is 9.59 Å². The third-order valence-corrected chi connectivity index (χ3v) is 2.91. The highest BCUT2D eigenvalue weighted by Crippen LogP contribution is 2.17.